The lowest BCUT2D eigenvalue weighted by molar-refractivity contribution is 0.408. The number of nitrogens with two attached hydrogens (primary N) is 1. The predicted octanol–water partition coefficient (Wildman–Crippen LogP) is 2.24. The van der Waals surface area contributed by atoms with E-state index in [1.54, 1.807) is 7.11 Å². The van der Waals surface area contributed by atoms with Gasteiger partial charge in [0.1, 0.15) is 5.75 Å². The highest BCUT2D eigenvalue weighted by atomic mass is 16.5. The minimum absolute atomic E-state index is 0.0521. The molecule has 3 nitrogen and oxygen atoms in total. The molecule has 2 rings (SSSR count). The maximum Gasteiger partial charge on any atom is 0.124 e. The summed E-state index contributed by atoms with van der Waals surface area (Å²) in [5.41, 5.74) is 9.78. The van der Waals surface area contributed by atoms with Crippen LogP contribution in [-0.2, 0) is 0 Å². The summed E-state index contributed by atoms with van der Waals surface area (Å²) >= 11 is 0. The van der Waals surface area contributed by atoms with Crippen LogP contribution in [0.25, 0.3) is 0 Å². The molecule has 0 bridgehead atoms. The van der Waals surface area contributed by atoms with Gasteiger partial charge in [0.25, 0.3) is 0 Å². The molecule has 0 atom stereocenters. The van der Waals surface area contributed by atoms with E-state index in [4.69, 9.17) is 10.5 Å². The molecule has 0 heterocycles. The standard InChI is InChI=1S/C14H22N2O/c1-10-7-12(8-11(2)13(10)17-4)16(3)9-14(15)5-6-14/h7-8H,5-6,9,15H2,1-4H3. The summed E-state index contributed by atoms with van der Waals surface area (Å²) in [6.07, 6.45) is 2.29. The molecular formula is C14H22N2O. The zero-order valence-electron chi connectivity index (χ0n) is 11.2. The lowest BCUT2D eigenvalue weighted by Gasteiger charge is -2.24. The molecule has 1 aliphatic carbocycles. The molecule has 1 aromatic rings. The van der Waals surface area contributed by atoms with Gasteiger partial charge >= 0.3 is 0 Å². The molecule has 1 aliphatic rings. The summed E-state index contributed by atoms with van der Waals surface area (Å²) in [7, 11) is 3.82. The van der Waals surface area contributed by atoms with Crippen LogP contribution in [0.15, 0.2) is 12.1 Å². The van der Waals surface area contributed by atoms with Gasteiger partial charge in [-0.05, 0) is 49.9 Å². The third-order valence-corrected chi connectivity index (χ3v) is 3.53. The van der Waals surface area contributed by atoms with Crippen LogP contribution in [0.3, 0.4) is 0 Å². The first-order valence-electron chi connectivity index (χ1n) is 6.10. The SMILES string of the molecule is COc1c(C)cc(N(C)CC2(N)CC2)cc1C. The lowest BCUT2D eigenvalue weighted by atomic mass is 10.1. The van der Waals surface area contributed by atoms with Crippen LogP contribution in [0.5, 0.6) is 5.75 Å². The maximum atomic E-state index is 6.15. The molecule has 0 aromatic heterocycles. The molecule has 0 radical (unpaired) electrons. The highest BCUT2D eigenvalue weighted by Gasteiger charge is 2.39. The van der Waals surface area contributed by atoms with Gasteiger partial charge in [-0.1, -0.05) is 0 Å². The van der Waals surface area contributed by atoms with Crippen molar-refractivity contribution in [2.24, 2.45) is 5.73 Å². The van der Waals surface area contributed by atoms with Gasteiger partial charge in [-0.2, -0.15) is 0 Å². The van der Waals surface area contributed by atoms with E-state index in [-0.39, 0.29) is 5.54 Å². The van der Waals surface area contributed by atoms with Crippen molar-refractivity contribution in [3.63, 3.8) is 0 Å². The fourth-order valence-corrected chi connectivity index (χ4v) is 2.35. The van der Waals surface area contributed by atoms with E-state index in [9.17, 15) is 0 Å². The number of rotatable bonds is 4. The zero-order chi connectivity index (χ0) is 12.6. The van der Waals surface area contributed by atoms with Gasteiger partial charge in [-0.25, -0.2) is 0 Å². The maximum absolute atomic E-state index is 6.15. The van der Waals surface area contributed by atoms with Gasteiger partial charge in [0.15, 0.2) is 0 Å². The number of nitrogens with zero attached hydrogens (tertiary/aromatic N) is 1. The Labute approximate surface area is 104 Å². The first-order valence-corrected chi connectivity index (χ1v) is 6.10. The van der Waals surface area contributed by atoms with Crippen molar-refractivity contribution in [1.29, 1.82) is 0 Å². The second-order valence-electron chi connectivity index (χ2n) is 5.33. The van der Waals surface area contributed by atoms with Gasteiger partial charge in [0.2, 0.25) is 0 Å². The third-order valence-electron chi connectivity index (χ3n) is 3.53. The second kappa shape index (κ2) is 4.22. The van der Waals surface area contributed by atoms with E-state index in [0.29, 0.717) is 0 Å². The lowest BCUT2D eigenvalue weighted by Crippen LogP contribution is -2.37. The Morgan fingerprint density at radius 2 is 1.82 bits per heavy atom. The minimum Gasteiger partial charge on any atom is -0.496 e. The number of anilines is 1. The molecule has 17 heavy (non-hydrogen) atoms. The van der Waals surface area contributed by atoms with Crippen LogP contribution < -0.4 is 15.4 Å². The topological polar surface area (TPSA) is 38.5 Å². The average Bonchev–Trinajstić information content (AvgIpc) is 2.95. The van der Waals surface area contributed by atoms with Crippen LogP contribution in [0.4, 0.5) is 5.69 Å². The molecule has 94 valence electrons. The number of methoxy groups -OCH3 is 1. The van der Waals surface area contributed by atoms with Crippen LogP contribution in [0, 0.1) is 13.8 Å². The summed E-state index contributed by atoms with van der Waals surface area (Å²) in [6, 6.07) is 4.33. The number of hydrogen-bond acceptors (Lipinski definition) is 3. The van der Waals surface area contributed by atoms with Gasteiger partial charge in [-0.15, -0.1) is 0 Å². The fraction of sp³-hybridized carbons (Fsp3) is 0.571. The summed E-state index contributed by atoms with van der Waals surface area (Å²) in [5, 5.41) is 0. The van der Waals surface area contributed by atoms with Gasteiger partial charge in [-0.3, -0.25) is 0 Å². The number of benzene rings is 1. The van der Waals surface area contributed by atoms with E-state index in [1.807, 2.05) is 0 Å². The van der Waals surface area contributed by atoms with E-state index in [0.717, 1.165) is 25.1 Å². The van der Waals surface area contributed by atoms with Crippen molar-refractivity contribution in [3.05, 3.63) is 23.3 Å². The molecule has 0 amide bonds. The second-order valence-corrected chi connectivity index (χ2v) is 5.33. The number of aryl methyl sites for hydroxylation is 2. The third kappa shape index (κ3) is 2.55. The van der Waals surface area contributed by atoms with Gasteiger partial charge in [0, 0.05) is 24.8 Å². The summed E-state index contributed by atoms with van der Waals surface area (Å²) in [4.78, 5) is 2.24. The van der Waals surface area contributed by atoms with Crippen molar-refractivity contribution in [1.82, 2.24) is 0 Å². The van der Waals surface area contributed by atoms with E-state index < -0.39 is 0 Å². The smallest absolute Gasteiger partial charge is 0.124 e. The quantitative estimate of drug-likeness (QED) is 0.868. The van der Waals surface area contributed by atoms with Crippen molar-refractivity contribution in [3.8, 4) is 5.75 Å². The van der Waals surface area contributed by atoms with E-state index >= 15 is 0 Å². The van der Waals surface area contributed by atoms with Gasteiger partial charge < -0.3 is 15.4 Å². The number of hydrogen-bond donors (Lipinski definition) is 1. The van der Waals surface area contributed by atoms with Gasteiger partial charge in [0.05, 0.1) is 7.11 Å². The first-order chi connectivity index (χ1) is 7.95. The number of likely N-dealkylation sites (N-methyl/N-ethyl adjacent to an activating group) is 1. The highest BCUT2D eigenvalue weighted by Crippen LogP contribution is 2.35. The van der Waals surface area contributed by atoms with Crippen LogP contribution in [0.1, 0.15) is 24.0 Å². The molecule has 1 saturated carbocycles. The van der Waals surface area contributed by atoms with Crippen LogP contribution >= 0.6 is 0 Å². The Hall–Kier alpha value is -1.22. The molecule has 3 heteroatoms. The van der Waals surface area contributed by atoms with Crippen LogP contribution in [0.2, 0.25) is 0 Å². The Bertz CT molecular complexity index is 401. The Morgan fingerprint density at radius 1 is 1.29 bits per heavy atom. The molecule has 2 N–H and O–H groups in total. The van der Waals surface area contributed by atoms with Crippen molar-refractivity contribution in [2.45, 2.75) is 32.2 Å². The summed E-state index contributed by atoms with van der Waals surface area (Å²) in [6.45, 7) is 5.09. The number of ether oxygens (including phenoxy) is 1. The molecule has 1 fully saturated rings. The van der Waals surface area contributed by atoms with Crippen molar-refractivity contribution in [2.75, 3.05) is 25.6 Å². The molecule has 1 aromatic carbocycles. The average molecular weight is 234 g/mol. The molecule has 0 saturated heterocycles. The largest absolute Gasteiger partial charge is 0.496 e. The van der Waals surface area contributed by atoms with Crippen molar-refractivity contribution >= 4 is 5.69 Å². The molecule has 0 aliphatic heterocycles. The zero-order valence-corrected chi connectivity index (χ0v) is 11.2. The van der Waals surface area contributed by atoms with Crippen LogP contribution in [-0.4, -0.2) is 26.2 Å². The summed E-state index contributed by atoms with van der Waals surface area (Å²) < 4.78 is 5.38. The monoisotopic (exact) mass is 234 g/mol. The molecule has 0 unspecified atom stereocenters. The minimum atomic E-state index is 0.0521. The summed E-state index contributed by atoms with van der Waals surface area (Å²) in [5.74, 6) is 0.982. The van der Waals surface area contributed by atoms with E-state index in [2.05, 4.69) is 37.9 Å². The Morgan fingerprint density at radius 3 is 2.24 bits per heavy atom. The highest BCUT2D eigenvalue weighted by molar-refractivity contribution is 5.56. The van der Waals surface area contributed by atoms with Crippen molar-refractivity contribution < 1.29 is 4.74 Å². The Kier molecular flexibility index (Phi) is 3.04. The van der Waals surface area contributed by atoms with E-state index in [1.165, 1.54) is 16.8 Å². The fourth-order valence-electron chi connectivity index (χ4n) is 2.35. The molecular weight excluding hydrogens is 212 g/mol. The molecule has 0 spiro atoms. The predicted molar refractivity (Wildman–Crippen MR) is 71.9 cm³/mol. The normalized spacial score (nSPS) is 16.8. The first kappa shape index (κ1) is 12.2. The Balaban J connectivity index is 2.20.